The molecule has 19 heavy (non-hydrogen) atoms. The molecule has 2 N–H and O–H groups in total. The summed E-state index contributed by atoms with van der Waals surface area (Å²) >= 11 is 0. The minimum atomic E-state index is 0.668. The lowest BCUT2D eigenvalue weighted by atomic mass is 10.3. The lowest BCUT2D eigenvalue weighted by molar-refractivity contribution is -0.119. The van der Waals surface area contributed by atoms with Gasteiger partial charge in [0, 0.05) is 37.9 Å². The van der Waals surface area contributed by atoms with Gasteiger partial charge in [-0.05, 0) is 12.1 Å². The number of nitrogens with two attached hydrogens (primary N) is 1. The maximum absolute atomic E-state index is 10.6. The zero-order chi connectivity index (χ0) is 13.2. The van der Waals surface area contributed by atoms with E-state index in [2.05, 4.69) is 9.88 Å². The highest BCUT2D eigenvalue weighted by Gasteiger charge is 2.17. The Bertz CT molecular complexity index is 587. The van der Waals surface area contributed by atoms with Crippen LogP contribution in [0.1, 0.15) is 5.89 Å². The zero-order valence-electron chi connectivity index (χ0n) is 10.6. The van der Waals surface area contributed by atoms with Gasteiger partial charge in [0.25, 0.3) is 0 Å². The van der Waals surface area contributed by atoms with Crippen molar-refractivity contribution in [2.45, 2.75) is 6.54 Å². The average molecular weight is 260 g/mol. The number of rotatable bonds is 3. The number of amides is 1. The van der Waals surface area contributed by atoms with E-state index in [0.29, 0.717) is 18.1 Å². The van der Waals surface area contributed by atoms with Gasteiger partial charge in [0.1, 0.15) is 5.52 Å². The van der Waals surface area contributed by atoms with E-state index in [1.807, 2.05) is 12.1 Å². The van der Waals surface area contributed by atoms with E-state index in [0.717, 1.165) is 43.7 Å². The van der Waals surface area contributed by atoms with Crippen LogP contribution in [0.15, 0.2) is 22.6 Å². The van der Waals surface area contributed by atoms with Gasteiger partial charge < -0.3 is 15.1 Å². The number of oxazole rings is 1. The molecule has 6 nitrogen and oxygen atoms in total. The molecule has 0 unspecified atom stereocenters. The van der Waals surface area contributed by atoms with Crippen molar-refractivity contribution in [3.8, 4) is 0 Å². The van der Waals surface area contributed by atoms with Crippen molar-refractivity contribution in [2.24, 2.45) is 0 Å². The summed E-state index contributed by atoms with van der Waals surface area (Å²) in [5.74, 6) is 0.695. The summed E-state index contributed by atoms with van der Waals surface area (Å²) in [6.45, 7) is 3.88. The van der Waals surface area contributed by atoms with E-state index in [9.17, 15) is 4.79 Å². The maximum Gasteiger partial charge on any atom is 0.209 e. The number of carbonyl (C=O) groups is 1. The van der Waals surface area contributed by atoms with Gasteiger partial charge in [-0.15, -0.1) is 0 Å². The molecule has 0 aliphatic carbocycles. The van der Waals surface area contributed by atoms with Crippen molar-refractivity contribution in [1.82, 2.24) is 14.8 Å². The summed E-state index contributed by atoms with van der Waals surface area (Å²) in [6.07, 6.45) is 0.902. The molecule has 2 heterocycles. The van der Waals surface area contributed by atoms with E-state index in [4.69, 9.17) is 10.2 Å². The highest BCUT2D eigenvalue weighted by Crippen LogP contribution is 2.19. The normalized spacial score (nSPS) is 16.9. The third-order valence-electron chi connectivity index (χ3n) is 3.37. The number of aromatic nitrogens is 1. The fraction of sp³-hybridized carbons (Fsp3) is 0.385. The quantitative estimate of drug-likeness (QED) is 0.649. The monoisotopic (exact) mass is 260 g/mol. The van der Waals surface area contributed by atoms with Crippen LogP contribution in [0.3, 0.4) is 0 Å². The molecule has 0 bridgehead atoms. The SMILES string of the molecule is Nc1ccc2nc(CN3CCN(C=O)CC3)oc2c1. The molecule has 2 aromatic rings. The first-order valence-corrected chi connectivity index (χ1v) is 6.31. The molecule has 100 valence electrons. The number of hydrogen-bond acceptors (Lipinski definition) is 5. The van der Waals surface area contributed by atoms with Crippen LogP contribution >= 0.6 is 0 Å². The second kappa shape index (κ2) is 4.89. The molecule has 0 spiro atoms. The summed E-state index contributed by atoms with van der Waals surface area (Å²) in [4.78, 5) is 19.1. The predicted molar refractivity (Wildman–Crippen MR) is 71.3 cm³/mol. The second-order valence-corrected chi connectivity index (χ2v) is 4.75. The zero-order valence-corrected chi connectivity index (χ0v) is 10.6. The number of carbonyl (C=O) groups excluding carboxylic acids is 1. The highest BCUT2D eigenvalue weighted by atomic mass is 16.3. The minimum Gasteiger partial charge on any atom is -0.439 e. The molecule has 6 heteroatoms. The third-order valence-corrected chi connectivity index (χ3v) is 3.37. The lowest BCUT2D eigenvalue weighted by Crippen LogP contribution is -2.45. The van der Waals surface area contributed by atoms with Crippen molar-refractivity contribution in [3.63, 3.8) is 0 Å². The first-order chi connectivity index (χ1) is 9.24. The van der Waals surface area contributed by atoms with E-state index in [1.54, 1.807) is 11.0 Å². The van der Waals surface area contributed by atoms with Crippen LogP contribution in [-0.2, 0) is 11.3 Å². The Morgan fingerprint density at radius 1 is 1.32 bits per heavy atom. The molecule has 1 aromatic heterocycles. The van der Waals surface area contributed by atoms with Crippen LogP contribution in [-0.4, -0.2) is 47.4 Å². The topological polar surface area (TPSA) is 75.6 Å². The van der Waals surface area contributed by atoms with Crippen molar-refractivity contribution >= 4 is 23.2 Å². The molecule has 1 aromatic carbocycles. The number of hydrogen-bond donors (Lipinski definition) is 1. The molecular weight excluding hydrogens is 244 g/mol. The van der Waals surface area contributed by atoms with E-state index in [1.165, 1.54) is 0 Å². The molecule has 1 saturated heterocycles. The first kappa shape index (κ1) is 12.0. The van der Waals surface area contributed by atoms with Gasteiger partial charge in [-0.3, -0.25) is 9.69 Å². The van der Waals surface area contributed by atoms with Gasteiger partial charge in [-0.1, -0.05) is 0 Å². The predicted octanol–water partition coefficient (Wildman–Crippen LogP) is 0.684. The van der Waals surface area contributed by atoms with Gasteiger partial charge in [-0.25, -0.2) is 4.98 Å². The molecule has 0 atom stereocenters. The Morgan fingerprint density at radius 3 is 2.84 bits per heavy atom. The van der Waals surface area contributed by atoms with Crippen LogP contribution in [0.25, 0.3) is 11.1 Å². The van der Waals surface area contributed by atoms with Crippen LogP contribution in [0.2, 0.25) is 0 Å². The van der Waals surface area contributed by atoms with Crippen LogP contribution in [0.5, 0.6) is 0 Å². The summed E-state index contributed by atoms with van der Waals surface area (Å²) < 4.78 is 5.69. The number of fused-ring (bicyclic) bond motifs is 1. The average Bonchev–Trinajstić information content (AvgIpc) is 2.81. The standard InChI is InChI=1S/C13H16N4O2/c14-10-1-2-11-12(7-10)19-13(15-11)8-16-3-5-17(9-18)6-4-16/h1-2,7,9H,3-6,8,14H2. The molecule has 0 saturated carbocycles. The number of piperazine rings is 1. The lowest BCUT2D eigenvalue weighted by Gasteiger charge is -2.31. The van der Waals surface area contributed by atoms with Gasteiger partial charge in [-0.2, -0.15) is 0 Å². The molecule has 1 fully saturated rings. The molecule has 1 aliphatic rings. The third kappa shape index (κ3) is 2.53. The van der Waals surface area contributed by atoms with Crippen molar-refractivity contribution < 1.29 is 9.21 Å². The van der Waals surface area contributed by atoms with E-state index >= 15 is 0 Å². The van der Waals surface area contributed by atoms with Crippen molar-refractivity contribution in [1.29, 1.82) is 0 Å². The van der Waals surface area contributed by atoms with Gasteiger partial charge in [0.05, 0.1) is 6.54 Å². The number of anilines is 1. The second-order valence-electron chi connectivity index (χ2n) is 4.75. The Kier molecular flexibility index (Phi) is 3.08. The van der Waals surface area contributed by atoms with Gasteiger partial charge in [0.15, 0.2) is 5.58 Å². The van der Waals surface area contributed by atoms with Crippen LogP contribution in [0, 0.1) is 0 Å². The molecule has 1 amide bonds. The van der Waals surface area contributed by atoms with Crippen molar-refractivity contribution in [2.75, 3.05) is 31.9 Å². The largest absolute Gasteiger partial charge is 0.439 e. The van der Waals surface area contributed by atoms with E-state index in [-0.39, 0.29) is 0 Å². The van der Waals surface area contributed by atoms with Crippen LogP contribution < -0.4 is 5.73 Å². The summed E-state index contributed by atoms with van der Waals surface area (Å²) in [7, 11) is 0. The first-order valence-electron chi connectivity index (χ1n) is 6.31. The Balaban J connectivity index is 1.70. The van der Waals surface area contributed by atoms with Crippen molar-refractivity contribution in [3.05, 3.63) is 24.1 Å². The Hall–Kier alpha value is -2.08. The fourth-order valence-electron chi connectivity index (χ4n) is 2.27. The minimum absolute atomic E-state index is 0.668. The highest BCUT2D eigenvalue weighted by molar-refractivity contribution is 5.76. The van der Waals surface area contributed by atoms with Crippen LogP contribution in [0.4, 0.5) is 5.69 Å². The van der Waals surface area contributed by atoms with Gasteiger partial charge in [0.2, 0.25) is 12.3 Å². The maximum atomic E-state index is 10.6. The smallest absolute Gasteiger partial charge is 0.209 e. The van der Waals surface area contributed by atoms with Gasteiger partial charge >= 0.3 is 0 Å². The Labute approximate surface area is 110 Å². The molecule has 0 radical (unpaired) electrons. The summed E-state index contributed by atoms with van der Waals surface area (Å²) in [5.41, 5.74) is 7.94. The number of benzene rings is 1. The summed E-state index contributed by atoms with van der Waals surface area (Å²) in [5, 5.41) is 0. The Morgan fingerprint density at radius 2 is 2.11 bits per heavy atom. The van der Waals surface area contributed by atoms with E-state index < -0.39 is 0 Å². The molecule has 3 rings (SSSR count). The molecule has 1 aliphatic heterocycles. The number of nitrogens with zero attached hydrogens (tertiary/aromatic N) is 3. The summed E-state index contributed by atoms with van der Waals surface area (Å²) in [6, 6.07) is 5.47. The molecular formula is C13H16N4O2. The number of nitrogen functional groups attached to an aromatic ring is 1. The fourth-order valence-corrected chi connectivity index (χ4v) is 2.27.